The molecule has 0 radical (unpaired) electrons. The fourth-order valence-corrected chi connectivity index (χ4v) is 3.04. The van der Waals surface area contributed by atoms with Crippen molar-refractivity contribution in [2.75, 3.05) is 19.6 Å². The molecule has 1 saturated heterocycles. The van der Waals surface area contributed by atoms with Crippen molar-refractivity contribution in [2.24, 2.45) is 5.92 Å². The number of halogens is 2. The molecule has 0 bridgehead atoms. The first-order chi connectivity index (χ1) is 12.2. The van der Waals surface area contributed by atoms with Gasteiger partial charge >= 0.3 is 0 Å². The topological polar surface area (TPSA) is 50.4 Å². The van der Waals surface area contributed by atoms with Gasteiger partial charge in [0, 0.05) is 17.1 Å². The van der Waals surface area contributed by atoms with Crippen molar-refractivity contribution in [3.05, 3.63) is 64.7 Å². The van der Waals surface area contributed by atoms with Gasteiger partial charge < -0.3 is 15.4 Å². The molecule has 1 amide bonds. The summed E-state index contributed by atoms with van der Waals surface area (Å²) in [6.45, 7) is 3.21. The summed E-state index contributed by atoms with van der Waals surface area (Å²) in [6.07, 6.45) is 2.34. The molecule has 140 valence electrons. The highest BCUT2D eigenvalue weighted by molar-refractivity contribution is 6.30. The van der Waals surface area contributed by atoms with Crippen LogP contribution in [0.1, 0.15) is 28.8 Å². The minimum atomic E-state index is -0.0532. The van der Waals surface area contributed by atoms with Crippen LogP contribution < -0.4 is 15.4 Å². The first-order valence-electron chi connectivity index (χ1n) is 8.67. The second-order valence-corrected chi connectivity index (χ2v) is 6.80. The number of hydrogen-bond donors (Lipinski definition) is 2. The number of amides is 1. The van der Waals surface area contributed by atoms with E-state index in [0.29, 0.717) is 35.4 Å². The SMILES string of the molecule is Cl.O=C(NCC1CCCNC1)c1cccc(OCc2ccc(Cl)cc2)c1. The maximum Gasteiger partial charge on any atom is 0.251 e. The Kier molecular flexibility index (Phi) is 8.23. The van der Waals surface area contributed by atoms with E-state index in [-0.39, 0.29) is 18.3 Å². The van der Waals surface area contributed by atoms with Crippen LogP contribution in [0.4, 0.5) is 0 Å². The Balaban J connectivity index is 0.00000243. The van der Waals surface area contributed by atoms with Crippen LogP contribution in [0.3, 0.4) is 0 Å². The van der Waals surface area contributed by atoms with Crippen molar-refractivity contribution in [3.63, 3.8) is 0 Å². The molecule has 2 N–H and O–H groups in total. The van der Waals surface area contributed by atoms with Crippen molar-refractivity contribution >= 4 is 29.9 Å². The summed E-state index contributed by atoms with van der Waals surface area (Å²) in [7, 11) is 0. The van der Waals surface area contributed by atoms with Crippen molar-refractivity contribution in [1.82, 2.24) is 10.6 Å². The van der Waals surface area contributed by atoms with Gasteiger partial charge in [-0.15, -0.1) is 12.4 Å². The summed E-state index contributed by atoms with van der Waals surface area (Å²) in [5.41, 5.74) is 1.65. The van der Waals surface area contributed by atoms with Crippen LogP contribution in [-0.2, 0) is 6.61 Å². The lowest BCUT2D eigenvalue weighted by Crippen LogP contribution is -2.38. The van der Waals surface area contributed by atoms with Gasteiger partial charge in [0.2, 0.25) is 0 Å². The minimum Gasteiger partial charge on any atom is -0.489 e. The number of benzene rings is 2. The Labute approximate surface area is 165 Å². The van der Waals surface area contributed by atoms with Crippen molar-refractivity contribution in [3.8, 4) is 5.75 Å². The summed E-state index contributed by atoms with van der Waals surface area (Å²) < 4.78 is 5.78. The van der Waals surface area contributed by atoms with E-state index < -0.39 is 0 Å². The Morgan fingerprint density at radius 3 is 2.77 bits per heavy atom. The number of nitrogens with one attached hydrogen (secondary N) is 2. The minimum absolute atomic E-state index is 0. The first kappa shape index (κ1) is 20.6. The number of rotatable bonds is 6. The molecule has 0 aromatic heterocycles. The summed E-state index contributed by atoms with van der Waals surface area (Å²) in [6, 6.07) is 14.8. The zero-order chi connectivity index (χ0) is 17.5. The molecule has 26 heavy (non-hydrogen) atoms. The normalized spacial score (nSPS) is 16.4. The van der Waals surface area contributed by atoms with Crippen LogP contribution in [0, 0.1) is 5.92 Å². The molecule has 1 fully saturated rings. The van der Waals surface area contributed by atoms with Gasteiger partial charge in [-0.2, -0.15) is 0 Å². The molecule has 4 nitrogen and oxygen atoms in total. The zero-order valence-electron chi connectivity index (χ0n) is 14.5. The molecule has 1 heterocycles. The van der Waals surface area contributed by atoms with E-state index >= 15 is 0 Å². The Hall–Kier alpha value is -1.75. The van der Waals surface area contributed by atoms with E-state index in [2.05, 4.69) is 10.6 Å². The monoisotopic (exact) mass is 394 g/mol. The first-order valence-corrected chi connectivity index (χ1v) is 9.05. The van der Waals surface area contributed by atoms with Crippen LogP contribution >= 0.6 is 24.0 Å². The van der Waals surface area contributed by atoms with Gasteiger partial charge in [0.1, 0.15) is 12.4 Å². The van der Waals surface area contributed by atoms with Crippen LogP contribution in [0.15, 0.2) is 48.5 Å². The third-order valence-corrected chi connectivity index (χ3v) is 4.62. The van der Waals surface area contributed by atoms with Gasteiger partial charge in [0.05, 0.1) is 0 Å². The molecule has 1 aliphatic heterocycles. The molecule has 1 aliphatic rings. The highest BCUT2D eigenvalue weighted by Crippen LogP contribution is 2.17. The predicted molar refractivity (Wildman–Crippen MR) is 107 cm³/mol. The van der Waals surface area contributed by atoms with E-state index in [1.54, 1.807) is 6.07 Å². The molecule has 3 rings (SSSR count). The van der Waals surface area contributed by atoms with E-state index in [1.807, 2.05) is 42.5 Å². The molecular formula is C20H24Cl2N2O2. The van der Waals surface area contributed by atoms with Gasteiger partial charge in [-0.05, 0) is 67.7 Å². The molecule has 1 atom stereocenters. The average Bonchev–Trinajstić information content (AvgIpc) is 2.67. The lowest BCUT2D eigenvalue weighted by atomic mass is 9.99. The van der Waals surface area contributed by atoms with Crippen molar-refractivity contribution in [2.45, 2.75) is 19.4 Å². The highest BCUT2D eigenvalue weighted by atomic mass is 35.5. The van der Waals surface area contributed by atoms with Gasteiger partial charge in [0.15, 0.2) is 0 Å². The molecular weight excluding hydrogens is 371 g/mol. The number of piperidine rings is 1. The molecule has 0 saturated carbocycles. The Morgan fingerprint density at radius 1 is 1.23 bits per heavy atom. The third-order valence-electron chi connectivity index (χ3n) is 4.37. The molecule has 2 aromatic carbocycles. The predicted octanol–water partition coefficient (Wildman–Crippen LogP) is 4.07. The van der Waals surface area contributed by atoms with E-state index in [9.17, 15) is 4.79 Å². The molecule has 1 unspecified atom stereocenters. The molecule has 6 heteroatoms. The zero-order valence-corrected chi connectivity index (χ0v) is 16.1. The lowest BCUT2D eigenvalue weighted by molar-refractivity contribution is 0.0944. The summed E-state index contributed by atoms with van der Waals surface area (Å²) >= 11 is 5.88. The highest BCUT2D eigenvalue weighted by Gasteiger charge is 2.14. The summed E-state index contributed by atoms with van der Waals surface area (Å²) in [4.78, 5) is 12.3. The second-order valence-electron chi connectivity index (χ2n) is 6.37. The number of ether oxygens (including phenoxy) is 1. The van der Waals surface area contributed by atoms with Crippen molar-refractivity contribution < 1.29 is 9.53 Å². The standard InChI is InChI=1S/C20H23ClN2O2.ClH/c21-18-8-6-15(7-9-18)14-25-19-5-1-4-17(11-19)20(24)23-13-16-3-2-10-22-12-16;/h1,4-9,11,16,22H,2-3,10,12-14H2,(H,23,24);1H. The van der Waals surface area contributed by atoms with Gasteiger partial charge in [-0.25, -0.2) is 0 Å². The third kappa shape index (κ3) is 6.20. The van der Waals surface area contributed by atoms with Crippen LogP contribution in [0.5, 0.6) is 5.75 Å². The van der Waals surface area contributed by atoms with Crippen LogP contribution in [0.2, 0.25) is 5.02 Å². The fourth-order valence-electron chi connectivity index (χ4n) is 2.91. The Morgan fingerprint density at radius 2 is 2.04 bits per heavy atom. The second kappa shape index (κ2) is 10.4. The summed E-state index contributed by atoms with van der Waals surface area (Å²) in [5, 5.41) is 7.09. The van der Waals surface area contributed by atoms with E-state index in [4.69, 9.17) is 16.3 Å². The molecule has 0 spiro atoms. The van der Waals surface area contributed by atoms with Crippen molar-refractivity contribution in [1.29, 1.82) is 0 Å². The van der Waals surface area contributed by atoms with Gasteiger partial charge in [-0.1, -0.05) is 29.8 Å². The van der Waals surface area contributed by atoms with Crippen LogP contribution in [-0.4, -0.2) is 25.5 Å². The number of hydrogen-bond acceptors (Lipinski definition) is 3. The van der Waals surface area contributed by atoms with Gasteiger partial charge in [0.25, 0.3) is 5.91 Å². The maximum absolute atomic E-state index is 12.3. The number of carbonyl (C=O) groups excluding carboxylic acids is 1. The number of carbonyl (C=O) groups is 1. The van der Waals surface area contributed by atoms with Gasteiger partial charge in [-0.3, -0.25) is 4.79 Å². The maximum atomic E-state index is 12.3. The quantitative estimate of drug-likeness (QED) is 0.775. The summed E-state index contributed by atoms with van der Waals surface area (Å²) in [5.74, 6) is 1.14. The van der Waals surface area contributed by atoms with E-state index in [1.165, 1.54) is 6.42 Å². The fraction of sp³-hybridized carbons (Fsp3) is 0.350. The lowest BCUT2D eigenvalue weighted by Gasteiger charge is -2.22. The average molecular weight is 395 g/mol. The van der Waals surface area contributed by atoms with Crippen LogP contribution in [0.25, 0.3) is 0 Å². The largest absolute Gasteiger partial charge is 0.489 e. The molecule has 0 aliphatic carbocycles. The van der Waals surface area contributed by atoms with E-state index in [0.717, 1.165) is 25.1 Å². The Bertz CT molecular complexity index is 701. The molecule has 2 aromatic rings. The smallest absolute Gasteiger partial charge is 0.251 e.